The molecule has 0 amide bonds. The molecule has 0 aliphatic rings. The molecule has 24 heavy (non-hydrogen) atoms. The second-order valence-electron chi connectivity index (χ2n) is 6.58. The highest BCUT2D eigenvalue weighted by Gasteiger charge is 2.20. The smallest absolute Gasteiger partial charge is 0.338 e. The first-order chi connectivity index (χ1) is 11.0. The molecular formula is C20H26O4. The number of rotatable bonds is 6. The third kappa shape index (κ3) is 4.82. The van der Waals surface area contributed by atoms with E-state index in [1.807, 2.05) is 27.7 Å². The molecule has 0 heterocycles. The molecule has 0 aliphatic heterocycles. The fourth-order valence-electron chi connectivity index (χ4n) is 2.04. The molecule has 1 aromatic carbocycles. The number of carbonyl (C=O) groups excluding carboxylic acids is 2. The summed E-state index contributed by atoms with van der Waals surface area (Å²) in [5, 5.41) is 0. The minimum atomic E-state index is -0.474. The normalized spacial score (nSPS) is 10.7. The Morgan fingerprint density at radius 3 is 1.29 bits per heavy atom. The lowest BCUT2D eigenvalue weighted by Gasteiger charge is -2.19. The van der Waals surface area contributed by atoms with E-state index in [4.69, 9.17) is 9.47 Å². The van der Waals surface area contributed by atoms with Gasteiger partial charge in [-0.05, 0) is 37.8 Å². The number of ether oxygens (including phenoxy) is 2. The van der Waals surface area contributed by atoms with Gasteiger partial charge in [0.2, 0.25) is 0 Å². The van der Waals surface area contributed by atoms with Gasteiger partial charge in [0.25, 0.3) is 0 Å². The molecule has 0 saturated heterocycles. The molecule has 0 N–H and O–H groups in total. The fourth-order valence-corrected chi connectivity index (χ4v) is 2.04. The second-order valence-corrected chi connectivity index (χ2v) is 6.58. The van der Waals surface area contributed by atoms with E-state index >= 15 is 0 Å². The lowest BCUT2D eigenvalue weighted by atomic mass is 9.95. The van der Waals surface area contributed by atoms with Crippen LogP contribution < -0.4 is 9.47 Å². The van der Waals surface area contributed by atoms with Crippen LogP contribution in [0.1, 0.15) is 64.5 Å². The van der Waals surface area contributed by atoms with Crippen LogP contribution in [0.2, 0.25) is 0 Å². The van der Waals surface area contributed by atoms with Crippen LogP contribution in [-0.2, 0) is 9.59 Å². The Balaban J connectivity index is 3.43. The van der Waals surface area contributed by atoms with Gasteiger partial charge in [-0.2, -0.15) is 0 Å². The van der Waals surface area contributed by atoms with E-state index in [0.717, 1.165) is 11.1 Å². The SMILES string of the molecule is C=C(C)C(=O)Oc1cc(C(C)C)c(OC(=O)C(=C)C)cc1C(C)C. The third-order valence-electron chi connectivity index (χ3n) is 3.49. The van der Waals surface area contributed by atoms with E-state index in [0.29, 0.717) is 22.6 Å². The Morgan fingerprint density at radius 1 is 0.792 bits per heavy atom. The molecule has 0 fully saturated rings. The Bertz CT molecular complexity index is 621. The summed E-state index contributed by atoms with van der Waals surface area (Å²) < 4.78 is 10.9. The minimum Gasteiger partial charge on any atom is -0.423 e. The van der Waals surface area contributed by atoms with E-state index in [-0.39, 0.29) is 11.8 Å². The van der Waals surface area contributed by atoms with Crippen molar-refractivity contribution in [3.8, 4) is 11.5 Å². The minimum absolute atomic E-state index is 0.0846. The van der Waals surface area contributed by atoms with Crippen LogP contribution in [0.4, 0.5) is 0 Å². The molecule has 4 nitrogen and oxygen atoms in total. The summed E-state index contributed by atoms with van der Waals surface area (Å²) in [5.74, 6) is 0.160. The first kappa shape index (κ1) is 19.7. The molecule has 0 spiro atoms. The molecule has 1 rings (SSSR count). The van der Waals surface area contributed by atoms with Crippen LogP contribution in [-0.4, -0.2) is 11.9 Å². The first-order valence-electron chi connectivity index (χ1n) is 7.97. The number of hydrogen-bond acceptors (Lipinski definition) is 4. The van der Waals surface area contributed by atoms with Crippen molar-refractivity contribution < 1.29 is 19.1 Å². The molecule has 1 aromatic rings. The number of esters is 2. The van der Waals surface area contributed by atoms with Crippen LogP contribution in [0.25, 0.3) is 0 Å². The average Bonchev–Trinajstić information content (AvgIpc) is 2.47. The highest BCUT2D eigenvalue weighted by atomic mass is 16.5. The van der Waals surface area contributed by atoms with Crippen molar-refractivity contribution in [3.63, 3.8) is 0 Å². The van der Waals surface area contributed by atoms with Crippen molar-refractivity contribution in [2.75, 3.05) is 0 Å². The topological polar surface area (TPSA) is 52.6 Å². The van der Waals surface area contributed by atoms with Gasteiger partial charge in [0.1, 0.15) is 11.5 Å². The summed E-state index contributed by atoms with van der Waals surface area (Å²) in [6, 6.07) is 3.53. The molecule has 0 aromatic heterocycles. The lowest BCUT2D eigenvalue weighted by molar-refractivity contribution is -0.131. The van der Waals surface area contributed by atoms with Gasteiger partial charge in [-0.25, -0.2) is 9.59 Å². The molecule has 4 heteroatoms. The fraction of sp³-hybridized carbons (Fsp3) is 0.400. The van der Waals surface area contributed by atoms with Gasteiger partial charge < -0.3 is 9.47 Å². The number of hydrogen-bond donors (Lipinski definition) is 0. The van der Waals surface area contributed by atoms with Crippen molar-refractivity contribution in [1.29, 1.82) is 0 Å². The van der Waals surface area contributed by atoms with Gasteiger partial charge >= 0.3 is 11.9 Å². The van der Waals surface area contributed by atoms with Gasteiger partial charge in [0.15, 0.2) is 0 Å². The van der Waals surface area contributed by atoms with Gasteiger partial charge in [0.05, 0.1) is 0 Å². The molecular weight excluding hydrogens is 304 g/mol. The maximum Gasteiger partial charge on any atom is 0.338 e. The predicted molar refractivity (Wildman–Crippen MR) is 95.5 cm³/mol. The quantitative estimate of drug-likeness (QED) is 0.423. The predicted octanol–water partition coefficient (Wildman–Crippen LogP) is 4.90. The van der Waals surface area contributed by atoms with Crippen molar-refractivity contribution in [1.82, 2.24) is 0 Å². The van der Waals surface area contributed by atoms with Crippen LogP contribution >= 0.6 is 0 Å². The van der Waals surface area contributed by atoms with Crippen LogP contribution in [0.3, 0.4) is 0 Å². The summed E-state index contributed by atoms with van der Waals surface area (Å²) >= 11 is 0. The molecule has 0 radical (unpaired) electrons. The second kappa shape index (κ2) is 7.95. The highest BCUT2D eigenvalue weighted by molar-refractivity contribution is 5.90. The summed E-state index contributed by atoms with van der Waals surface area (Å²) in [6.07, 6.45) is 0. The molecule has 0 saturated carbocycles. The van der Waals surface area contributed by atoms with Crippen molar-refractivity contribution in [2.24, 2.45) is 0 Å². The zero-order valence-electron chi connectivity index (χ0n) is 15.4. The van der Waals surface area contributed by atoms with Crippen LogP contribution in [0, 0.1) is 0 Å². The van der Waals surface area contributed by atoms with Crippen molar-refractivity contribution in [3.05, 3.63) is 47.6 Å². The van der Waals surface area contributed by atoms with Gasteiger partial charge in [0, 0.05) is 22.3 Å². The largest absolute Gasteiger partial charge is 0.423 e. The Hall–Kier alpha value is -2.36. The maximum absolute atomic E-state index is 11.9. The van der Waals surface area contributed by atoms with Crippen LogP contribution in [0.15, 0.2) is 36.4 Å². The Kier molecular flexibility index (Phi) is 6.52. The summed E-state index contributed by atoms with van der Waals surface area (Å²) in [7, 11) is 0. The lowest BCUT2D eigenvalue weighted by Crippen LogP contribution is -2.13. The zero-order chi connectivity index (χ0) is 18.6. The van der Waals surface area contributed by atoms with Crippen LogP contribution in [0.5, 0.6) is 11.5 Å². The average molecular weight is 330 g/mol. The van der Waals surface area contributed by atoms with E-state index in [9.17, 15) is 9.59 Å². The van der Waals surface area contributed by atoms with Crippen molar-refractivity contribution in [2.45, 2.75) is 53.4 Å². The van der Waals surface area contributed by atoms with Gasteiger partial charge in [-0.15, -0.1) is 0 Å². The maximum atomic E-state index is 11.9. The van der Waals surface area contributed by atoms with Gasteiger partial charge in [-0.3, -0.25) is 0 Å². The molecule has 0 bridgehead atoms. The summed E-state index contributed by atoms with van der Waals surface area (Å²) in [6.45, 7) is 18.3. The number of benzene rings is 1. The van der Waals surface area contributed by atoms with E-state index in [1.165, 1.54) is 0 Å². The Morgan fingerprint density at radius 2 is 1.08 bits per heavy atom. The third-order valence-corrected chi connectivity index (χ3v) is 3.49. The van der Waals surface area contributed by atoms with E-state index in [2.05, 4.69) is 13.2 Å². The highest BCUT2D eigenvalue weighted by Crippen LogP contribution is 2.37. The van der Waals surface area contributed by atoms with Gasteiger partial charge in [-0.1, -0.05) is 40.9 Å². The van der Waals surface area contributed by atoms with Crippen molar-refractivity contribution >= 4 is 11.9 Å². The number of carbonyl (C=O) groups is 2. The zero-order valence-corrected chi connectivity index (χ0v) is 15.4. The monoisotopic (exact) mass is 330 g/mol. The first-order valence-corrected chi connectivity index (χ1v) is 7.97. The molecule has 0 aliphatic carbocycles. The summed E-state index contributed by atoms with van der Waals surface area (Å²) in [4.78, 5) is 23.8. The van der Waals surface area contributed by atoms with E-state index < -0.39 is 11.9 Å². The summed E-state index contributed by atoms with van der Waals surface area (Å²) in [5.41, 5.74) is 2.24. The molecule has 130 valence electrons. The molecule has 0 unspecified atom stereocenters. The standard InChI is InChI=1S/C20H26O4/c1-11(2)15-9-18(24-20(22)14(7)8)16(12(3)4)10-17(15)23-19(21)13(5)6/h9-12H,5,7H2,1-4,6,8H3. The Labute approximate surface area is 144 Å². The van der Waals surface area contributed by atoms with E-state index in [1.54, 1.807) is 26.0 Å². The molecule has 0 atom stereocenters.